The second kappa shape index (κ2) is 34.2. The topological polar surface area (TPSA) is 200 Å². The van der Waals surface area contributed by atoms with Gasteiger partial charge in [-0.3, -0.25) is 34.7 Å². The van der Waals surface area contributed by atoms with E-state index < -0.39 is 17.6 Å². The van der Waals surface area contributed by atoms with Gasteiger partial charge in [0.25, 0.3) is 19.4 Å². The zero-order valence-corrected chi connectivity index (χ0v) is 45.3. The monoisotopic (exact) mass is 1170 g/mol. The zero-order chi connectivity index (χ0) is 56.0. The average molecular weight is 1170 g/mol. The van der Waals surface area contributed by atoms with Crippen LogP contribution in [0.15, 0.2) is 164 Å². The summed E-state index contributed by atoms with van der Waals surface area (Å²) in [5.41, 5.74) is 13.2. The van der Waals surface area contributed by atoms with Gasteiger partial charge in [0.2, 0.25) is 0 Å². The summed E-state index contributed by atoms with van der Waals surface area (Å²) in [6, 6.07) is 42.1. The molecule has 0 bridgehead atoms. The van der Waals surface area contributed by atoms with E-state index in [9.17, 15) is 27.6 Å². The Morgan fingerprint density at radius 2 is 0.987 bits per heavy atom. The van der Waals surface area contributed by atoms with Gasteiger partial charge in [0.15, 0.2) is 0 Å². The summed E-state index contributed by atoms with van der Waals surface area (Å²) in [7, 11) is 0. The van der Waals surface area contributed by atoms with Gasteiger partial charge < -0.3 is 25.4 Å². The van der Waals surface area contributed by atoms with Gasteiger partial charge in [-0.05, 0) is 108 Å². The maximum atomic E-state index is 12.3. The third-order valence-corrected chi connectivity index (χ3v) is 11.3. The maximum absolute atomic E-state index is 12.3. The van der Waals surface area contributed by atoms with Gasteiger partial charge in [-0.25, -0.2) is 4.98 Å². The van der Waals surface area contributed by atoms with E-state index in [1.807, 2.05) is 121 Å². The number of carbonyl (C=O) groups excluding carboxylic acids is 3. The molecule has 0 saturated heterocycles. The number of alkyl halides is 3. The molecule has 0 spiro atoms. The fourth-order valence-electron chi connectivity index (χ4n) is 7.59. The number of allylic oxidation sites excluding steroid dienone is 1. The summed E-state index contributed by atoms with van der Waals surface area (Å²) < 4.78 is 53.1. The first-order valence-electron chi connectivity index (χ1n) is 24.5. The van der Waals surface area contributed by atoms with E-state index in [2.05, 4.69) is 34.1 Å². The summed E-state index contributed by atoms with van der Waals surface area (Å²) in [5.74, 6) is 1.07. The van der Waals surface area contributed by atoms with E-state index in [0.29, 0.717) is 87.8 Å². The van der Waals surface area contributed by atoms with Gasteiger partial charge in [0.05, 0.1) is 22.8 Å². The fourth-order valence-corrected chi connectivity index (χ4v) is 7.59. The molecule has 0 aliphatic heterocycles. The number of carbonyl (C=O) groups is 3. The van der Waals surface area contributed by atoms with Crippen LogP contribution in [0, 0.1) is 5.41 Å². The Labute approximate surface area is 475 Å². The van der Waals surface area contributed by atoms with Crippen molar-refractivity contribution in [2.24, 2.45) is 0 Å². The fraction of sp³-hybridized carbons (Fsp3) is 0.164. The molecule has 4 aromatic heterocycles. The number of unbranched alkanes of at least 4 members (excludes halogenated alkanes) is 6. The third kappa shape index (κ3) is 21.3. The van der Waals surface area contributed by atoms with Crippen LogP contribution in [0.2, 0.25) is 0 Å². The smallest absolute Gasteiger partial charge is 0.753 e. The molecule has 0 fully saturated rings. The van der Waals surface area contributed by atoms with E-state index in [4.69, 9.17) is 35.7 Å². The number of benzene rings is 3. The van der Waals surface area contributed by atoms with Crippen molar-refractivity contribution >= 4 is 83.7 Å². The van der Waals surface area contributed by atoms with Crippen molar-refractivity contribution in [3.8, 4) is 22.8 Å². The standard InChI is InChI=1S/C42H29N3O6.C18H25F3N3.CNS.Ru/c46-27-49-40(33-10-4-1-5-11-33)24-30-16-18-43-36(20-30)38-22-32(26-42(51-29-48)35-14-8-3-9-15-35)23-39(45-38)37-21-31(17-19-44-37)25-41(50-28-47)34-12-6-2-7-13-34;1-2-3-4-5-6-7-8-9-14-10-11-24-16(12-14)15(22)13-17(23)18(19,20)21;2-1-3;/h1-29H;10-13,22-23H,2-9H2,1H3;;/q;2*-1;+2/b40-24+,41-25+,42-26+;15-13-,23-17?;;. The number of ether oxygens (including phenoxy) is 3. The van der Waals surface area contributed by atoms with E-state index >= 15 is 0 Å². The molecule has 13 nitrogen and oxygen atoms in total. The van der Waals surface area contributed by atoms with Crippen molar-refractivity contribution in [1.29, 1.82) is 5.41 Å². The number of thiocarbonyl (C=S) groups is 1. The molecule has 7 rings (SSSR count). The summed E-state index contributed by atoms with van der Waals surface area (Å²) in [4.78, 5) is 52.3. The number of nitrogens with one attached hydrogen (secondary N) is 2. The number of rotatable bonds is 24. The van der Waals surface area contributed by atoms with Crippen molar-refractivity contribution in [1.82, 2.24) is 19.9 Å². The Kier molecular flexibility index (Phi) is 27.2. The van der Waals surface area contributed by atoms with Crippen molar-refractivity contribution in [3.63, 3.8) is 0 Å². The number of isothiocyanates is 1. The minimum atomic E-state index is -4.73. The molecule has 18 heteroatoms. The Hall–Kier alpha value is -8.69. The van der Waals surface area contributed by atoms with Crippen LogP contribution in [0.25, 0.3) is 75.1 Å². The van der Waals surface area contributed by atoms with Crippen LogP contribution in [0.3, 0.4) is 0 Å². The van der Waals surface area contributed by atoms with Crippen molar-refractivity contribution in [2.45, 2.75) is 64.5 Å². The van der Waals surface area contributed by atoms with Crippen LogP contribution in [-0.2, 0) is 54.5 Å². The molecule has 79 heavy (non-hydrogen) atoms. The molecule has 404 valence electrons. The molecule has 0 amide bonds. The number of aryl methyl sites for hydroxylation is 1. The Balaban J connectivity index is 0.000000404. The van der Waals surface area contributed by atoms with Gasteiger partial charge >= 0.3 is 25.7 Å². The average Bonchev–Trinajstić information content (AvgIpc) is 3.47. The number of nitrogens with zero attached hydrogens (tertiary/aromatic N) is 5. The molecule has 0 atom stereocenters. The summed E-state index contributed by atoms with van der Waals surface area (Å²) >= 11 is 3.70. The predicted octanol–water partition coefficient (Wildman–Crippen LogP) is 15.2. The van der Waals surface area contributed by atoms with E-state index in [-0.39, 0.29) is 25.2 Å². The molecular formula is C61H54F3N7O6RuS. The van der Waals surface area contributed by atoms with Crippen LogP contribution in [0.4, 0.5) is 13.2 Å². The van der Waals surface area contributed by atoms with Crippen molar-refractivity contribution in [3.05, 3.63) is 220 Å². The molecule has 0 radical (unpaired) electrons. The third-order valence-electron chi connectivity index (χ3n) is 11.3. The second-order valence-corrected chi connectivity index (χ2v) is 17.0. The van der Waals surface area contributed by atoms with Crippen LogP contribution in [-0.4, -0.2) is 56.4 Å². The molecule has 4 heterocycles. The zero-order valence-electron chi connectivity index (χ0n) is 42.8. The molecule has 0 saturated carbocycles. The predicted molar refractivity (Wildman–Crippen MR) is 303 cm³/mol. The molecule has 0 aliphatic rings. The van der Waals surface area contributed by atoms with Gasteiger partial charge in [-0.2, -0.15) is 18.3 Å². The number of aromatic nitrogens is 4. The van der Waals surface area contributed by atoms with Crippen LogP contribution >= 0.6 is 12.2 Å². The molecule has 2 N–H and O–H groups in total. The Morgan fingerprint density at radius 3 is 1.41 bits per heavy atom. The van der Waals surface area contributed by atoms with E-state index in [1.165, 1.54) is 43.5 Å². The van der Waals surface area contributed by atoms with Crippen LogP contribution in [0.1, 0.15) is 96.5 Å². The largest absolute Gasteiger partial charge is 2.00 e. The van der Waals surface area contributed by atoms with Crippen molar-refractivity contribution < 1.29 is 61.2 Å². The number of hydrogen-bond acceptors (Lipinski definition) is 12. The van der Waals surface area contributed by atoms with Crippen LogP contribution in [0.5, 0.6) is 0 Å². The maximum Gasteiger partial charge on any atom is 2.00 e. The first-order chi connectivity index (χ1) is 37.9. The van der Waals surface area contributed by atoms with Crippen LogP contribution < -0.4 is 0 Å². The number of pyridine rings is 4. The molecule has 3 aromatic carbocycles. The summed E-state index contributed by atoms with van der Waals surface area (Å²) in [6.45, 7) is 3.35. The SMILES string of the molecule is CCCCCCCCCc1ccnc(/C([NH-])=C/C(=N)C(F)(F)F)c1.O=CO/C(=C/c1ccnc(-c2cc(/C=C(/OC=O)c3ccccc3)cc(-c3cc(/C=C(/OC=O)c4ccccc4)ccn3)n2)c1)c1ccccc1.[N-]=C=S.[Ru+2]. The minimum absolute atomic E-state index is 0. The van der Waals surface area contributed by atoms with Gasteiger partial charge in [0, 0.05) is 41.0 Å². The normalized spacial score (nSPS) is 11.4. The molecular weight excluding hydrogens is 1120 g/mol. The van der Waals surface area contributed by atoms with E-state index in [1.54, 1.807) is 48.8 Å². The number of hydrogen-bond donors (Lipinski definition) is 1. The van der Waals surface area contributed by atoms with E-state index in [0.717, 1.165) is 36.0 Å². The molecule has 0 unspecified atom stereocenters. The first-order valence-corrected chi connectivity index (χ1v) is 24.9. The number of halogens is 3. The van der Waals surface area contributed by atoms with Gasteiger partial charge in [-0.1, -0.05) is 149 Å². The van der Waals surface area contributed by atoms with Gasteiger partial charge in [-0.15, -0.1) is 5.70 Å². The molecule has 7 aromatic rings. The second-order valence-electron chi connectivity index (χ2n) is 16.9. The minimum Gasteiger partial charge on any atom is -0.753 e. The molecule has 0 aliphatic carbocycles. The first kappa shape index (κ1) is 62.9. The Bertz CT molecular complexity index is 3120. The van der Waals surface area contributed by atoms with Gasteiger partial charge in [0.1, 0.15) is 23.0 Å². The van der Waals surface area contributed by atoms with Crippen molar-refractivity contribution in [2.75, 3.05) is 0 Å². The summed E-state index contributed by atoms with van der Waals surface area (Å²) in [5, 5.41) is 15.4. The summed E-state index contributed by atoms with van der Waals surface area (Å²) in [6.07, 6.45) is 15.0. The quantitative estimate of drug-likeness (QED) is 0.0115. The Morgan fingerprint density at radius 1 is 0.595 bits per heavy atom.